The van der Waals surface area contributed by atoms with Gasteiger partial charge in [-0.05, 0) is 6.07 Å². The van der Waals surface area contributed by atoms with E-state index in [1.807, 2.05) is 0 Å². The molecule has 0 amide bonds. The van der Waals surface area contributed by atoms with E-state index in [9.17, 15) is 23.1 Å². The molecule has 23 heavy (non-hydrogen) atoms. The molecule has 2 aromatic heterocycles. The van der Waals surface area contributed by atoms with Crippen LogP contribution < -0.4 is 11.3 Å². The number of hydrogen-bond acceptors (Lipinski definition) is 6. The number of nitrogens with two attached hydrogens (primary N) is 1. The molecule has 0 aromatic carbocycles. The van der Waals surface area contributed by atoms with Crippen LogP contribution in [-0.4, -0.2) is 43.6 Å². The average Bonchev–Trinajstić information content (AvgIpc) is 2.98. The third-order valence-corrected chi connectivity index (χ3v) is 3.68. The molecule has 8 nitrogen and oxygen atoms in total. The summed E-state index contributed by atoms with van der Waals surface area (Å²) in [7, 11) is 0. The number of halogens is 3. The second-order valence-electron chi connectivity index (χ2n) is 5.20. The highest BCUT2D eigenvalue weighted by atomic mass is 19.4. The first kappa shape index (κ1) is 15.8. The average molecular weight is 334 g/mol. The van der Waals surface area contributed by atoms with Crippen LogP contribution in [0.25, 0.3) is 11.0 Å². The standard InChI is InChI=1S/C12H13F3N4O4/c13-12(14,15)7-1-4-9(17-11(16)18-10(4)22)19(7)8-2-5(21)6(3-20)23-8/h1,5-6,8,20-21H,2-3H2,(H3,16,17,18,22)/t5-,6+,8+/m0/s1. The zero-order valence-electron chi connectivity index (χ0n) is 11.5. The lowest BCUT2D eigenvalue weighted by atomic mass is 10.2. The van der Waals surface area contributed by atoms with Crippen molar-refractivity contribution >= 4 is 17.0 Å². The molecule has 11 heteroatoms. The highest BCUT2D eigenvalue weighted by Crippen LogP contribution is 2.39. The van der Waals surface area contributed by atoms with Crippen LogP contribution in [0.1, 0.15) is 18.3 Å². The predicted octanol–water partition coefficient (Wildman–Crippen LogP) is -0.0337. The highest BCUT2D eigenvalue weighted by molar-refractivity contribution is 5.77. The monoisotopic (exact) mass is 334 g/mol. The van der Waals surface area contributed by atoms with Gasteiger partial charge in [-0.25, -0.2) is 0 Å². The number of aromatic nitrogens is 3. The van der Waals surface area contributed by atoms with Gasteiger partial charge in [-0.3, -0.25) is 14.3 Å². The van der Waals surface area contributed by atoms with E-state index in [2.05, 4.69) is 9.97 Å². The number of rotatable bonds is 2. The molecule has 2 aromatic rings. The van der Waals surface area contributed by atoms with Crippen LogP contribution in [0, 0.1) is 0 Å². The van der Waals surface area contributed by atoms with E-state index in [-0.39, 0.29) is 23.4 Å². The summed E-state index contributed by atoms with van der Waals surface area (Å²) in [5.74, 6) is -0.340. The van der Waals surface area contributed by atoms with E-state index in [1.54, 1.807) is 0 Å². The van der Waals surface area contributed by atoms with E-state index in [0.717, 1.165) is 0 Å². The summed E-state index contributed by atoms with van der Waals surface area (Å²) in [5, 5.41) is 18.5. The first-order valence-corrected chi connectivity index (χ1v) is 6.64. The number of nitrogens with zero attached hydrogens (tertiary/aromatic N) is 2. The molecule has 1 aliphatic rings. The van der Waals surface area contributed by atoms with Crippen molar-refractivity contribution < 1.29 is 28.1 Å². The zero-order chi connectivity index (χ0) is 16.9. The summed E-state index contributed by atoms with van der Waals surface area (Å²) in [6.07, 6.45) is -8.34. The molecule has 0 spiro atoms. The molecular weight excluding hydrogens is 321 g/mol. The lowest BCUT2D eigenvalue weighted by Gasteiger charge is -2.19. The van der Waals surface area contributed by atoms with Crippen molar-refractivity contribution in [1.29, 1.82) is 0 Å². The SMILES string of the molecule is Nc1nc2c(cc(C(F)(F)F)n2[C@H]2C[C@H](O)[C@@H](CO)O2)c(=O)[nH]1. The number of H-pyrrole nitrogens is 1. The Morgan fingerprint density at radius 3 is 2.78 bits per heavy atom. The molecule has 0 radical (unpaired) electrons. The number of anilines is 1. The van der Waals surface area contributed by atoms with Crippen LogP contribution in [0.5, 0.6) is 0 Å². The molecule has 0 saturated carbocycles. The lowest BCUT2D eigenvalue weighted by molar-refractivity contribution is -0.148. The first-order valence-electron chi connectivity index (χ1n) is 6.64. The summed E-state index contributed by atoms with van der Waals surface area (Å²) in [6, 6.07) is 0.655. The van der Waals surface area contributed by atoms with Gasteiger partial charge in [0.1, 0.15) is 18.0 Å². The van der Waals surface area contributed by atoms with Crippen LogP contribution in [0.15, 0.2) is 10.9 Å². The Hall–Kier alpha value is -2.11. The molecule has 1 saturated heterocycles. The molecule has 5 N–H and O–H groups in total. The van der Waals surface area contributed by atoms with Crippen LogP contribution in [0.4, 0.5) is 19.1 Å². The Bertz CT molecular complexity index is 800. The number of aliphatic hydroxyl groups is 2. The van der Waals surface area contributed by atoms with Crippen molar-refractivity contribution in [1.82, 2.24) is 14.5 Å². The van der Waals surface area contributed by atoms with Gasteiger partial charge in [-0.2, -0.15) is 18.2 Å². The van der Waals surface area contributed by atoms with Crippen molar-refractivity contribution in [3.8, 4) is 0 Å². The largest absolute Gasteiger partial charge is 0.431 e. The van der Waals surface area contributed by atoms with Crippen LogP contribution in [-0.2, 0) is 10.9 Å². The van der Waals surface area contributed by atoms with Gasteiger partial charge < -0.3 is 20.7 Å². The van der Waals surface area contributed by atoms with Crippen LogP contribution in [0.2, 0.25) is 0 Å². The van der Waals surface area contributed by atoms with Crippen molar-refractivity contribution in [2.75, 3.05) is 12.3 Å². The van der Waals surface area contributed by atoms with Gasteiger partial charge in [0, 0.05) is 6.42 Å². The second-order valence-corrected chi connectivity index (χ2v) is 5.20. The fraction of sp³-hybridized carbons (Fsp3) is 0.500. The third kappa shape index (κ3) is 2.56. The number of fused-ring (bicyclic) bond motifs is 1. The number of nitrogens with one attached hydrogen (secondary N) is 1. The van der Waals surface area contributed by atoms with Crippen LogP contribution in [0.3, 0.4) is 0 Å². The van der Waals surface area contributed by atoms with Gasteiger partial charge in [-0.1, -0.05) is 0 Å². The zero-order valence-corrected chi connectivity index (χ0v) is 11.5. The van der Waals surface area contributed by atoms with Gasteiger partial charge in [0.25, 0.3) is 5.56 Å². The normalized spacial score (nSPS) is 25.3. The lowest BCUT2D eigenvalue weighted by Crippen LogP contribution is -2.24. The van der Waals surface area contributed by atoms with Crippen LogP contribution >= 0.6 is 0 Å². The van der Waals surface area contributed by atoms with Gasteiger partial charge in [-0.15, -0.1) is 0 Å². The number of aliphatic hydroxyl groups excluding tert-OH is 2. The Balaban J connectivity index is 2.23. The molecule has 1 fully saturated rings. The minimum atomic E-state index is -4.77. The summed E-state index contributed by atoms with van der Waals surface area (Å²) >= 11 is 0. The van der Waals surface area contributed by atoms with E-state index < -0.39 is 42.5 Å². The third-order valence-electron chi connectivity index (χ3n) is 3.68. The minimum absolute atomic E-state index is 0.188. The summed E-state index contributed by atoms with van der Waals surface area (Å²) in [6.45, 7) is -0.547. The predicted molar refractivity (Wildman–Crippen MR) is 71.4 cm³/mol. The molecule has 0 bridgehead atoms. The molecule has 0 aliphatic carbocycles. The summed E-state index contributed by atoms with van der Waals surface area (Å²) in [5.41, 5.74) is 3.15. The maximum absolute atomic E-state index is 13.3. The second kappa shape index (κ2) is 5.22. The number of ether oxygens (including phenoxy) is 1. The number of nitrogen functional groups attached to an aromatic ring is 1. The van der Waals surface area contributed by atoms with Gasteiger partial charge in [0.05, 0.1) is 18.1 Å². The smallest absolute Gasteiger partial charge is 0.394 e. The molecule has 3 rings (SSSR count). The Kier molecular flexibility index (Phi) is 3.58. The van der Waals surface area contributed by atoms with Gasteiger partial charge in [0.2, 0.25) is 5.95 Å². The number of aromatic amines is 1. The van der Waals surface area contributed by atoms with Gasteiger partial charge >= 0.3 is 6.18 Å². The number of alkyl halides is 3. The molecule has 126 valence electrons. The van der Waals surface area contributed by atoms with E-state index in [1.165, 1.54) is 0 Å². The molecular formula is C12H13F3N4O4. The summed E-state index contributed by atoms with van der Waals surface area (Å²) < 4.78 is 45.8. The maximum Gasteiger partial charge on any atom is 0.431 e. The van der Waals surface area contributed by atoms with Crippen molar-refractivity contribution in [2.24, 2.45) is 0 Å². The van der Waals surface area contributed by atoms with Crippen molar-refractivity contribution in [2.45, 2.75) is 31.0 Å². The highest BCUT2D eigenvalue weighted by Gasteiger charge is 2.42. The Morgan fingerprint density at radius 1 is 1.52 bits per heavy atom. The molecule has 3 atom stereocenters. The summed E-state index contributed by atoms with van der Waals surface area (Å²) in [4.78, 5) is 17.7. The molecule has 3 heterocycles. The number of hydrogen-bond donors (Lipinski definition) is 4. The topological polar surface area (TPSA) is 126 Å². The Labute approximate surface area is 126 Å². The minimum Gasteiger partial charge on any atom is -0.394 e. The van der Waals surface area contributed by atoms with E-state index >= 15 is 0 Å². The van der Waals surface area contributed by atoms with Crippen molar-refractivity contribution in [3.63, 3.8) is 0 Å². The Morgan fingerprint density at radius 2 is 2.22 bits per heavy atom. The molecule has 0 unspecified atom stereocenters. The van der Waals surface area contributed by atoms with Crippen molar-refractivity contribution in [3.05, 3.63) is 22.1 Å². The van der Waals surface area contributed by atoms with E-state index in [0.29, 0.717) is 10.6 Å². The van der Waals surface area contributed by atoms with Gasteiger partial charge in [0.15, 0.2) is 5.65 Å². The maximum atomic E-state index is 13.3. The van der Waals surface area contributed by atoms with E-state index in [4.69, 9.17) is 15.6 Å². The molecule has 1 aliphatic heterocycles. The fourth-order valence-electron chi connectivity index (χ4n) is 2.67. The fourth-order valence-corrected chi connectivity index (χ4v) is 2.67. The first-order chi connectivity index (χ1) is 10.7. The quantitative estimate of drug-likeness (QED) is 0.611.